The molecule has 0 spiro atoms. The fourth-order valence-corrected chi connectivity index (χ4v) is 7.06. The molecule has 3 aromatic heterocycles. The molecule has 0 bridgehead atoms. The number of rotatable bonds is 4. The molecular weight excluding hydrogens is 574 g/mol. The van der Waals surface area contributed by atoms with E-state index in [2.05, 4.69) is 16.1 Å². The summed E-state index contributed by atoms with van der Waals surface area (Å²) in [6, 6.07) is 26.3. The number of halogens is 1. The molecule has 2 aliphatic rings. The van der Waals surface area contributed by atoms with E-state index >= 15 is 0 Å². The van der Waals surface area contributed by atoms with Crippen molar-refractivity contribution in [2.75, 3.05) is 0 Å². The van der Waals surface area contributed by atoms with Gasteiger partial charge in [0.2, 0.25) is 0 Å². The molecule has 1 aliphatic heterocycles. The number of aliphatic hydroxyl groups is 1. The van der Waals surface area contributed by atoms with Crippen LogP contribution in [0.25, 0.3) is 39.1 Å². The van der Waals surface area contributed by atoms with E-state index in [0.29, 0.717) is 27.4 Å². The minimum Gasteiger partial charge on any atom is -0.390 e. The third kappa shape index (κ3) is 3.91. The van der Waals surface area contributed by atoms with Gasteiger partial charge < -0.3 is 5.11 Å². The number of fused-ring (bicyclic) bond motifs is 4. The number of carbonyl (C=O) groups is 2. The van der Waals surface area contributed by atoms with Crippen molar-refractivity contribution in [3.8, 4) is 22.4 Å². The van der Waals surface area contributed by atoms with E-state index in [4.69, 9.17) is 16.6 Å². The second-order valence-electron chi connectivity index (χ2n) is 12.1. The van der Waals surface area contributed by atoms with Gasteiger partial charge in [0.1, 0.15) is 0 Å². The Labute approximate surface area is 257 Å². The quantitative estimate of drug-likeness (QED) is 0.229. The number of amides is 2. The fourth-order valence-electron chi connectivity index (χ4n) is 6.94. The van der Waals surface area contributed by atoms with Crippen LogP contribution in [0.15, 0.2) is 91.1 Å². The molecular formula is C35H26ClN5O3. The average Bonchev–Trinajstić information content (AvgIpc) is 3.52. The molecule has 1 saturated carbocycles. The first-order valence-corrected chi connectivity index (χ1v) is 14.7. The number of aromatic nitrogens is 4. The Morgan fingerprint density at radius 1 is 0.841 bits per heavy atom. The summed E-state index contributed by atoms with van der Waals surface area (Å²) in [4.78, 5) is 38.2. The standard InChI is InChI=1S/C35H26ClN5O3/c1-20-15-29-37-17-23-16-28(21-9-13-25(36)14-10-21)30(38-31(23)41(29)39-20)22-7-11-24(12-8-22)35(18-34(2,44)19-35)40-32(42)26-5-3-4-6-27(26)33(40)43/h3-17,44H,18-19H2,1-2H3. The van der Waals surface area contributed by atoms with Crippen LogP contribution in [0.2, 0.25) is 5.02 Å². The minimum absolute atomic E-state index is 0.249. The number of pyridine rings is 1. The molecule has 1 aliphatic carbocycles. The lowest BCUT2D eigenvalue weighted by Crippen LogP contribution is -2.63. The first kappa shape index (κ1) is 26.7. The molecule has 0 atom stereocenters. The Balaban J connectivity index is 1.27. The predicted octanol–water partition coefficient (Wildman–Crippen LogP) is 6.61. The number of hydrogen-bond donors (Lipinski definition) is 1. The average molecular weight is 600 g/mol. The molecule has 1 fully saturated rings. The zero-order chi connectivity index (χ0) is 30.4. The van der Waals surface area contributed by atoms with Gasteiger partial charge >= 0.3 is 0 Å². The van der Waals surface area contributed by atoms with Crippen LogP contribution < -0.4 is 0 Å². The molecule has 0 unspecified atom stereocenters. The number of benzene rings is 3. The van der Waals surface area contributed by atoms with Crippen molar-refractivity contribution < 1.29 is 14.7 Å². The van der Waals surface area contributed by atoms with Crippen molar-refractivity contribution in [1.29, 1.82) is 0 Å². The third-order valence-electron chi connectivity index (χ3n) is 8.80. The maximum atomic E-state index is 13.6. The van der Waals surface area contributed by atoms with E-state index in [1.165, 1.54) is 4.90 Å². The first-order valence-electron chi connectivity index (χ1n) is 14.4. The highest BCUT2D eigenvalue weighted by molar-refractivity contribution is 6.30. The van der Waals surface area contributed by atoms with Gasteiger partial charge in [0, 0.05) is 46.6 Å². The summed E-state index contributed by atoms with van der Waals surface area (Å²) in [7, 11) is 0. The molecule has 6 aromatic rings. The van der Waals surface area contributed by atoms with Crippen molar-refractivity contribution in [2.24, 2.45) is 0 Å². The molecule has 2 amide bonds. The van der Waals surface area contributed by atoms with E-state index in [1.54, 1.807) is 41.9 Å². The Hall–Kier alpha value is -4.92. The Bertz CT molecular complexity index is 2130. The first-order chi connectivity index (χ1) is 21.1. The number of imide groups is 1. The highest BCUT2D eigenvalue weighted by atomic mass is 35.5. The normalized spacial score (nSPS) is 21.2. The van der Waals surface area contributed by atoms with Gasteiger partial charge in [-0.15, -0.1) is 0 Å². The molecule has 9 heteroatoms. The van der Waals surface area contributed by atoms with Gasteiger partial charge in [-0.05, 0) is 55.3 Å². The van der Waals surface area contributed by atoms with Gasteiger partial charge in [-0.3, -0.25) is 14.5 Å². The third-order valence-corrected chi connectivity index (χ3v) is 9.05. The van der Waals surface area contributed by atoms with Gasteiger partial charge in [0.15, 0.2) is 11.3 Å². The van der Waals surface area contributed by atoms with E-state index in [0.717, 1.165) is 39.0 Å². The van der Waals surface area contributed by atoms with Crippen LogP contribution in [0, 0.1) is 6.92 Å². The Morgan fingerprint density at radius 3 is 2.11 bits per heavy atom. The van der Waals surface area contributed by atoms with Gasteiger partial charge in [-0.2, -0.15) is 9.61 Å². The molecule has 1 N–H and O–H groups in total. The van der Waals surface area contributed by atoms with E-state index < -0.39 is 11.1 Å². The zero-order valence-corrected chi connectivity index (χ0v) is 24.7. The molecule has 0 saturated heterocycles. The minimum atomic E-state index is -1.00. The van der Waals surface area contributed by atoms with Crippen LogP contribution in [-0.4, -0.2) is 47.0 Å². The van der Waals surface area contributed by atoms with Crippen LogP contribution in [0.1, 0.15) is 51.7 Å². The Morgan fingerprint density at radius 2 is 1.48 bits per heavy atom. The van der Waals surface area contributed by atoms with Gasteiger partial charge in [-0.25, -0.2) is 9.97 Å². The summed E-state index contributed by atoms with van der Waals surface area (Å²) in [5.74, 6) is -0.669. The molecule has 8 rings (SSSR count). The van der Waals surface area contributed by atoms with Crippen LogP contribution in [0.3, 0.4) is 0 Å². The lowest BCUT2D eigenvalue weighted by molar-refractivity contribution is -0.118. The van der Waals surface area contributed by atoms with Crippen LogP contribution in [-0.2, 0) is 5.54 Å². The monoisotopic (exact) mass is 599 g/mol. The molecule has 3 aromatic carbocycles. The molecule has 44 heavy (non-hydrogen) atoms. The number of nitrogens with zero attached hydrogens (tertiary/aromatic N) is 5. The predicted molar refractivity (Wildman–Crippen MR) is 167 cm³/mol. The smallest absolute Gasteiger partial charge is 0.262 e. The van der Waals surface area contributed by atoms with Crippen LogP contribution in [0.5, 0.6) is 0 Å². The maximum Gasteiger partial charge on any atom is 0.262 e. The topological polar surface area (TPSA) is 101 Å². The lowest BCUT2D eigenvalue weighted by Gasteiger charge is -2.55. The van der Waals surface area contributed by atoms with Gasteiger partial charge in [0.05, 0.1) is 33.7 Å². The van der Waals surface area contributed by atoms with Gasteiger partial charge in [-0.1, -0.05) is 60.1 Å². The number of aryl methyl sites for hydroxylation is 1. The largest absolute Gasteiger partial charge is 0.390 e. The van der Waals surface area contributed by atoms with E-state index in [-0.39, 0.29) is 24.7 Å². The molecule has 216 valence electrons. The maximum absolute atomic E-state index is 13.6. The van der Waals surface area contributed by atoms with Crippen molar-refractivity contribution in [1.82, 2.24) is 24.5 Å². The second kappa shape index (κ2) is 9.29. The summed E-state index contributed by atoms with van der Waals surface area (Å²) in [6.45, 7) is 3.66. The Kier molecular flexibility index (Phi) is 5.63. The van der Waals surface area contributed by atoms with E-state index in [1.807, 2.05) is 61.5 Å². The number of carbonyl (C=O) groups excluding carboxylic acids is 2. The van der Waals surface area contributed by atoms with Gasteiger partial charge in [0.25, 0.3) is 11.8 Å². The second-order valence-corrected chi connectivity index (χ2v) is 12.5. The van der Waals surface area contributed by atoms with E-state index in [9.17, 15) is 14.7 Å². The number of hydrogen-bond acceptors (Lipinski definition) is 6. The van der Waals surface area contributed by atoms with Crippen molar-refractivity contribution in [3.05, 3.63) is 119 Å². The zero-order valence-electron chi connectivity index (χ0n) is 24.0. The summed E-state index contributed by atoms with van der Waals surface area (Å²) in [5.41, 5.74) is 5.25. The lowest BCUT2D eigenvalue weighted by atomic mass is 9.61. The van der Waals surface area contributed by atoms with Crippen LogP contribution >= 0.6 is 11.6 Å². The molecule has 8 nitrogen and oxygen atoms in total. The van der Waals surface area contributed by atoms with Crippen molar-refractivity contribution in [2.45, 2.75) is 37.8 Å². The fraction of sp³-hybridized carbons (Fsp3) is 0.171. The molecule has 0 radical (unpaired) electrons. The summed E-state index contributed by atoms with van der Waals surface area (Å²) in [5, 5.41) is 17.0. The molecule has 4 heterocycles. The highest BCUT2D eigenvalue weighted by Crippen LogP contribution is 2.54. The summed E-state index contributed by atoms with van der Waals surface area (Å²) >= 11 is 6.22. The SMILES string of the molecule is Cc1cc2ncc3cc(-c4ccc(Cl)cc4)c(-c4ccc(C5(N6C(=O)c7ccccc7C6=O)CC(C)(O)C5)cc4)nc3n2n1. The summed E-state index contributed by atoms with van der Waals surface area (Å²) < 4.78 is 1.75. The summed E-state index contributed by atoms with van der Waals surface area (Å²) in [6.07, 6.45) is 2.30. The van der Waals surface area contributed by atoms with Crippen LogP contribution in [0.4, 0.5) is 0 Å². The van der Waals surface area contributed by atoms with Crippen molar-refractivity contribution >= 4 is 40.1 Å². The van der Waals surface area contributed by atoms with Crippen molar-refractivity contribution in [3.63, 3.8) is 0 Å². The highest BCUT2D eigenvalue weighted by Gasteiger charge is 2.60.